The lowest BCUT2D eigenvalue weighted by Gasteiger charge is -2.04. The van der Waals surface area contributed by atoms with Crippen molar-refractivity contribution in [2.75, 3.05) is 7.11 Å². The van der Waals surface area contributed by atoms with Crippen molar-refractivity contribution >= 4 is 21.8 Å². The molecule has 7 heteroatoms. The van der Waals surface area contributed by atoms with Gasteiger partial charge in [-0.2, -0.15) is 4.73 Å². The molecule has 0 spiro atoms. The van der Waals surface area contributed by atoms with Gasteiger partial charge in [-0.1, -0.05) is 0 Å². The maximum atomic E-state index is 10.2. The molecule has 7 nitrogen and oxygen atoms in total. The summed E-state index contributed by atoms with van der Waals surface area (Å²) in [5.74, 6) is -1.58. The highest BCUT2D eigenvalue weighted by Gasteiger charge is 2.24. The zero-order chi connectivity index (χ0) is 14.6. The average molecular weight is 277 g/mol. The molecule has 3 rings (SSSR count). The van der Waals surface area contributed by atoms with Gasteiger partial charge in [0.2, 0.25) is 0 Å². The lowest BCUT2D eigenvalue weighted by atomic mass is 10.1. The Balaban J connectivity index is 2.73. The van der Waals surface area contributed by atoms with Gasteiger partial charge in [-0.05, 0) is 12.1 Å². The Kier molecular flexibility index (Phi) is 2.28. The quantitative estimate of drug-likeness (QED) is 0.263. The molecule has 0 amide bonds. The largest absolute Gasteiger partial charge is 0.507 e. The molecule has 0 saturated carbocycles. The van der Waals surface area contributed by atoms with Crippen LogP contribution in [0.3, 0.4) is 0 Å². The van der Waals surface area contributed by atoms with Crippen molar-refractivity contribution in [3.05, 3.63) is 18.2 Å². The molecule has 5 N–H and O–H groups in total. The third kappa shape index (κ3) is 1.28. The summed E-state index contributed by atoms with van der Waals surface area (Å²) >= 11 is 0. The van der Waals surface area contributed by atoms with Crippen LogP contribution in [0.25, 0.3) is 21.8 Å². The van der Waals surface area contributed by atoms with E-state index in [1.807, 2.05) is 0 Å². The summed E-state index contributed by atoms with van der Waals surface area (Å²) in [7, 11) is 1.38. The average Bonchev–Trinajstić information content (AvgIpc) is 2.73. The van der Waals surface area contributed by atoms with Crippen LogP contribution in [0.15, 0.2) is 18.2 Å². The standard InChI is InChI=1S/C13H11NO6/c1-20-8-3-2-5(15)9-10-11(14(19)12(8)9)6(16)4-7(17)13(10)18/h2-4,15-19H,1H3. The summed E-state index contributed by atoms with van der Waals surface area (Å²) in [5.41, 5.74) is -0.0752. The Morgan fingerprint density at radius 3 is 2.25 bits per heavy atom. The van der Waals surface area contributed by atoms with Gasteiger partial charge in [0, 0.05) is 6.07 Å². The van der Waals surface area contributed by atoms with Gasteiger partial charge in [-0.15, -0.1) is 0 Å². The molecule has 0 saturated heterocycles. The van der Waals surface area contributed by atoms with Crippen LogP contribution in [-0.2, 0) is 0 Å². The van der Waals surface area contributed by atoms with Crippen LogP contribution in [0.5, 0.6) is 28.7 Å². The SMILES string of the molecule is COc1ccc(O)c2c3c(O)c(O)cc(O)c3n(O)c12. The normalized spacial score (nSPS) is 11.2. The fourth-order valence-electron chi connectivity index (χ4n) is 2.38. The van der Waals surface area contributed by atoms with E-state index < -0.39 is 17.2 Å². The first kappa shape index (κ1) is 12.1. The number of ether oxygens (including phenoxy) is 1. The number of methoxy groups -OCH3 is 1. The monoisotopic (exact) mass is 277 g/mol. The number of rotatable bonds is 1. The fraction of sp³-hybridized carbons (Fsp3) is 0.0769. The second-order valence-electron chi connectivity index (χ2n) is 4.31. The van der Waals surface area contributed by atoms with E-state index in [4.69, 9.17) is 4.74 Å². The summed E-state index contributed by atoms with van der Waals surface area (Å²) in [6.07, 6.45) is 0. The van der Waals surface area contributed by atoms with Crippen molar-refractivity contribution in [1.29, 1.82) is 0 Å². The molecule has 1 aromatic heterocycles. The molecule has 104 valence electrons. The predicted molar refractivity (Wildman–Crippen MR) is 69.8 cm³/mol. The van der Waals surface area contributed by atoms with E-state index in [0.717, 1.165) is 6.07 Å². The molecule has 0 aliphatic carbocycles. The smallest absolute Gasteiger partial charge is 0.168 e. The van der Waals surface area contributed by atoms with E-state index >= 15 is 0 Å². The lowest BCUT2D eigenvalue weighted by molar-refractivity contribution is 0.208. The number of aromatic hydroxyl groups is 4. The molecule has 20 heavy (non-hydrogen) atoms. The van der Waals surface area contributed by atoms with E-state index in [-0.39, 0.29) is 33.3 Å². The molecular formula is C13H11NO6. The molecule has 0 aliphatic heterocycles. The van der Waals surface area contributed by atoms with Gasteiger partial charge < -0.3 is 30.4 Å². The van der Waals surface area contributed by atoms with E-state index in [1.165, 1.54) is 19.2 Å². The molecule has 0 fully saturated rings. The van der Waals surface area contributed by atoms with Crippen molar-refractivity contribution < 1.29 is 30.4 Å². The summed E-state index contributed by atoms with van der Waals surface area (Å²) in [4.78, 5) is 0. The highest BCUT2D eigenvalue weighted by Crippen LogP contribution is 2.48. The number of benzene rings is 2. The molecule has 0 aliphatic rings. The molecule has 0 atom stereocenters. The van der Waals surface area contributed by atoms with Gasteiger partial charge in [-0.3, -0.25) is 0 Å². The van der Waals surface area contributed by atoms with Gasteiger partial charge in [0.15, 0.2) is 11.5 Å². The first-order chi connectivity index (χ1) is 9.47. The summed E-state index contributed by atoms with van der Waals surface area (Å²) in [5, 5.41) is 49.5. The minimum atomic E-state index is -0.565. The topological polar surface area (TPSA) is 115 Å². The highest BCUT2D eigenvalue weighted by atomic mass is 16.5. The Labute approximate surface area is 112 Å². The van der Waals surface area contributed by atoms with Crippen LogP contribution < -0.4 is 4.74 Å². The lowest BCUT2D eigenvalue weighted by Crippen LogP contribution is -1.93. The molecule has 0 unspecified atom stereocenters. The summed E-state index contributed by atoms with van der Waals surface area (Å²) in [6, 6.07) is 3.64. The van der Waals surface area contributed by atoms with E-state index in [1.54, 1.807) is 0 Å². The Morgan fingerprint density at radius 2 is 1.60 bits per heavy atom. The maximum absolute atomic E-state index is 10.2. The van der Waals surface area contributed by atoms with Crippen LogP contribution in [0.2, 0.25) is 0 Å². The van der Waals surface area contributed by atoms with Crippen LogP contribution in [0.1, 0.15) is 0 Å². The Bertz CT molecular complexity index is 852. The van der Waals surface area contributed by atoms with Gasteiger partial charge in [-0.25, -0.2) is 0 Å². The zero-order valence-corrected chi connectivity index (χ0v) is 10.3. The second kappa shape index (κ2) is 3.77. The number of hydrogen-bond donors (Lipinski definition) is 5. The molecule has 3 aromatic rings. The highest BCUT2D eigenvalue weighted by molar-refractivity contribution is 6.17. The number of aromatic nitrogens is 1. The van der Waals surface area contributed by atoms with Crippen molar-refractivity contribution in [2.24, 2.45) is 0 Å². The Hall–Kier alpha value is -2.96. The van der Waals surface area contributed by atoms with Crippen molar-refractivity contribution in [3.63, 3.8) is 0 Å². The zero-order valence-electron chi connectivity index (χ0n) is 10.3. The number of fused-ring (bicyclic) bond motifs is 3. The molecule has 2 aromatic carbocycles. The van der Waals surface area contributed by atoms with E-state index in [0.29, 0.717) is 4.73 Å². The van der Waals surface area contributed by atoms with Crippen molar-refractivity contribution in [2.45, 2.75) is 0 Å². The van der Waals surface area contributed by atoms with Crippen LogP contribution in [0, 0.1) is 0 Å². The number of phenolic OH excluding ortho intramolecular Hbond substituents is 4. The first-order valence-corrected chi connectivity index (χ1v) is 5.64. The molecule has 0 bridgehead atoms. The second-order valence-corrected chi connectivity index (χ2v) is 4.31. The van der Waals surface area contributed by atoms with Gasteiger partial charge in [0.05, 0.1) is 17.9 Å². The maximum Gasteiger partial charge on any atom is 0.168 e. The van der Waals surface area contributed by atoms with E-state index in [9.17, 15) is 25.6 Å². The first-order valence-electron chi connectivity index (χ1n) is 5.64. The van der Waals surface area contributed by atoms with Gasteiger partial charge in [0.1, 0.15) is 28.3 Å². The Morgan fingerprint density at radius 1 is 0.900 bits per heavy atom. The molecule has 0 radical (unpaired) electrons. The molecular weight excluding hydrogens is 266 g/mol. The number of hydrogen-bond acceptors (Lipinski definition) is 6. The fourth-order valence-corrected chi connectivity index (χ4v) is 2.38. The van der Waals surface area contributed by atoms with Crippen LogP contribution in [-0.4, -0.2) is 37.5 Å². The summed E-state index contributed by atoms with van der Waals surface area (Å²) in [6.45, 7) is 0. The van der Waals surface area contributed by atoms with E-state index in [2.05, 4.69) is 0 Å². The van der Waals surface area contributed by atoms with Crippen molar-refractivity contribution in [1.82, 2.24) is 4.73 Å². The van der Waals surface area contributed by atoms with Gasteiger partial charge >= 0.3 is 0 Å². The summed E-state index contributed by atoms with van der Waals surface area (Å²) < 4.78 is 5.68. The van der Waals surface area contributed by atoms with Crippen LogP contribution >= 0.6 is 0 Å². The number of nitrogens with zero attached hydrogens (tertiary/aromatic N) is 1. The third-order valence-corrected chi connectivity index (χ3v) is 3.24. The minimum absolute atomic E-state index is 0.0607. The number of phenols is 4. The van der Waals surface area contributed by atoms with Crippen molar-refractivity contribution in [3.8, 4) is 28.7 Å². The molecule has 1 heterocycles. The van der Waals surface area contributed by atoms with Gasteiger partial charge in [0.25, 0.3) is 0 Å². The van der Waals surface area contributed by atoms with Crippen LogP contribution in [0.4, 0.5) is 0 Å². The minimum Gasteiger partial charge on any atom is -0.507 e. The third-order valence-electron chi connectivity index (χ3n) is 3.24. The predicted octanol–water partition coefficient (Wildman–Crippen LogP) is 1.86.